The first-order valence-electron chi connectivity index (χ1n) is 11.9. The lowest BCUT2D eigenvalue weighted by Gasteiger charge is -2.11. The Morgan fingerprint density at radius 1 is 0.697 bits per heavy atom. The molecule has 0 bridgehead atoms. The normalized spacial score (nSPS) is 14.9. The first kappa shape index (κ1) is 21.2. The molecule has 1 aliphatic heterocycles. The monoisotopic (exact) mass is 436 g/mol. The van der Waals surface area contributed by atoms with E-state index in [0.717, 1.165) is 25.7 Å². The molecule has 1 heterocycles. The molecule has 0 saturated heterocycles. The molecule has 0 aromatic heterocycles. The summed E-state index contributed by atoms with van der Waals surface area (Å²) in [7, 11) is 0. The van der Waals surface area contributed by atoms with Crippen LogP contribution in [-0.4, -0.2) is 39.8 Å². The van der Waals surface area contributed by atoms with Crippen molar-refractivity contribution in [2.45, 2.75) is 39.0 Å². The zero-order valence-corrected chi connectivity index (χ0v) is 19.0. The topological polar surface area (TPSA) is 40.2 Å². The van der Waals surface area contributed by atoms with E-state index in [0.29, 0.717) is 35.6 Å². The van der Waals surface area contributed by atoms with Gasteiger partial charge < -0.3 is 0 Å². The number of allylic oxidation sites excluding steroid dienone is 2. The SMILES string of the molecule is CCCCCC[N+]1=C=[N+](CCc2ccc3ccccc3c2)C2=C1C(=O)c1ccccc1C2=O. The van der Waals surface area contributed by atoms with Crippen LogP contribution in [0.5, 0.6) is 0 Å². The molecule has 0 fully saturated rings. The summed E-state index contributed by atoms with van der Waals surface area (Å²) < 4.78 is 3.77. The van der Waals surface area contributed by atoms with Crippen LogP contribution in [0.4, 0.5) is 0 Å². The van der Waals surface area contributed by atoms with Gasteiger partial charge in [0.05, 0.1) is 0 Å². The van der Waals surface area contributed by atoms with Crippen molar-refractivity contribution < 1.29 is 18.7 Å². The van der Waals surface area contributed by atoms with E-state index in [1.165, 1.54) is 22.8 Å². The number of hydrogen-bond donors (Lipinski definition) is 0. The molecule has 1 aliphatic carbocycles. The lowest BCUT2D eigenvalue weighted by atomic mass is 9.90. The third-order valence-corrected chi connectivity index (χ3v) is 6.53. The Bertz CT molecular complexity index is 1370. The predicted octanol–water partition coefficient (Wildman–Crippen LogP) is 5.47. The van der Waals surface area contributed by atoms with Crippen LogP contribution in [0.1, 0.15) is 58.9 Å². The van der Waals surface area contributed by atoms with Crippen LogP contribution in [-0.2, 0) is 6.42 Å². The molecule has 3 aromatic rings. The number of ketones is 2. The zero-order valence-electron chi connectivity index (χ0n) is 19.0. The van der Waals surface area contributed by atoms with Crippen molar-refractivity contribution in [3.63, 3.8) is 0 Å². The van der Waals surface area contributed by atoms with E-state index in [-0.39, 0.29) is 11.6 Å². The highest BCUT2D eigenvalue weighted by atomic mass is 16.1. The largest absolute Gasteiger partial charge is 0.490 e. The molecule has 0 radical (unpaired) electrons. The van der Waals surface area contributed by atoms with Crippen molar-refractivity contribution in [2.24, 2.45) is 0 Å². The average molecular weight is 437 g/mol. The van der Waals surface area contributed by atoms with Gasteiger partial charge >= 0.3 is 17.4 Å². The molecule has 5 rings (SSSR count). The average Bonchev–Trinajstić information content (AvgIpc) is 3.22. The molecule has 4 nitrogen and oxygen atoms in total. The molecule has 3 aromatic carbocycles. The standard InChI is InChI=1S/C29H28N2O2/c1-2-3-4-9-17-30-20-31(18-16-21-14-15-22-10-5-6-11-23(22)19-21)27-26(30)28(32)24-12-7-8-13-25(24)29(27)33/h5-8,10-15,19H,2-4,9,16-18H2,1H3/q+2. The Labute approximate surface area is 194 Å². The minimum absolute atomic E-state index is 0.0728. The molecule has 0 unspecified atom stereocenters. The highest BCUT2D eigenvalue weighted by Gasteiger charge is 2.50. The van der Waals surface area contributed by atoms with Gasteiger partial charge in [-0.15, -0.1) is 0 Å². The van der Waals surface area contributed by atoms with E-state index in [4.69, 9.17) is 0 Å². The molecule has 0 atom stereocenters. The van der Waals surface area contributed by atoms with Gasteiger partial charge in [-0.2, -0.15) is 0 Å². The van der Waals surface area contributed by atoms with Crippen LogP contribution >= 0.6 is 0 Å². The number of carbonyl (C=O) groups excluding carboxylic acids is 2. The maximum atomic E-state index is 13.4. The molecule has 4 heteroatoms. The first-order valence-corrected chi connectivity index (χ1v) is 11.9. The van der Waals surface area contributed by atoms with E-state index in [9.17, 15) is 9.59 Å². The molecule has 0 saturated carbocycles. The fourth-order valence-corrected chi connectivity index (χ4v) is 4.75. The van der Waals surface area contributed by atoms with Crippen molar-refractivity contribution in [1.29, 1.82) is 0 Å². The van der Waals surface area contributed by atoms with E-state index in [1.54, 1.807) is 12.1 Å². The lowest BCUT2D eigenvalue weighted by Crippen LogP contribution is -2.29. The minimum atomic E-state index is -0.0812. The molecule has 164 valence electrons. The maximum Gasteiger partial charge on any atom is 0.490 e. The highest BCUT2D eigenvalue weighted by molar-refractivity contribution is 6.25. The van der Waals surface area contributed by atoms with Gasteiger partial charge in [-0.3, -0.25) is 9.59 Å². The summed E-state index contributed by atoms with van der Waals surface area (Å²) in [5, 5.41) is 2.42. The van der Waals surface area contributed by atoms with Crippen LogP contribution in [0, 0.1) is 0 Å². The zero-order chi connectivity index (χ0) is 22.8. The Morgan fingerprint density at radius 3 is 2.03 bits per heavy atom. The summed E-state index contributed by atoms with van der Waals surface area (Å²) in [5.41, 5.74) is 3.17. The second-order valence-electron chi connectivity index (χ2n) is 8.80. The number of rotatable bonds is 8. The van der Waals surface area contributed by atoms with Gasteiger partial charge in [-0.25, -0.2) is 0 Å². The highest BCUT2D eigenvalue weighted by Crippen LogP contribution is 2.29. The fraction of sp³-hybridized carbons (Fsp3) is 0.276. The number of fused-ring (bicyclic) bond motifs is 2. The summed E-state index contributed by atoms with van der Waals surface area (Å²) in [4.78, 5) is 26.8. The summed E-state index contributed by atoms with van der Waals surface area (Å²) in [6.45, 7) is 3.49. The number of nitrogens with zero attached hydrogens (tertiary/aromatic N) is 2. The Morgan fingerprint density at radius 2 is 1.33 bits per heavy atom. The van der Waals surface area contributed by atoms with Crippen molar-refractivity contribution in [3.05, 3.63) is 94.8 Å². The molecule has 0 N–H and O–H groups in total. The number of benzene rings is 3. The van der Waals surface area contributed by atoms with E-state index < -0.39 is 0 Å². The Balaban J connectivity index is 1.46. The summed E-state index contributed by atoms with van der Waals surface area (Å²) in [6.07, 6.45) is 5.17. The lowest BCUT2D eigenvalue weighted by molar-refractivity contribution is -0.492. The third-order valence-electron chi connectivity index (χ3n) is 6.53. The van der Waals surface area contributed by atoms with Crippen LogP contribution in [0.3, 0.4) is 0 Å². The van der Waals surface area contributed by atoms with Crippen molar-refractivity contribution >= 4 is 28.3 Å². The van der Waals surface area contributed by atoms with Gasteiger partial charge in [0, 0.05) is 24.0 Å². The predicted molar refractivity (Wildman–Crippen MR) is 129 cm³/mol. The number of hydrogen-bond acceptors (Lipinski definition) is 2. The molecule has 0 amide bonds. The quantitative estimate of drug-likeness (QED) is 0.347. The van der Waals surface area contributed by atoms with Gasteiger partial charge in [0.15, 0.2) is 13.1 Å². The summed E-state index contributed by atoms with van der Waals surface area (Å²) in [5.74, 6) is -0.154. The number of Topliss-reactive ketones (excluding diaryl/α,β-unsaturated/α-hetero) is 2. The first-order chi connectivity index (χ1) is 16.2. The van der Waals surface area contributed by atoms with E-state index in [2.05, 4.69) is 43.3 Å². The summed E-state index contributed by atoms with van der Waals surface area (Å²) in [6, 6.07) is 25.3. The molecule has 0 spiro atoms. The van der Waals surface area contributed by atoms with Crippen molar-refractivity contribution in [3.8, 4) is 0 Å². The fourth-order valence-electron chi connectivity index (χ4n) is 4.75. The van der Waals surface area contributed by atoms with Gasteiger partial charge in [0.2, 0.25) is 0 Å². The van der Waals surface area contributed by atoms with Gasteiger partial charge in [0.25, 0.3) is 11.6 Å². The molecular weight excluding hydrogens is 408 g/mol. The Hall–Kier alpha value is -3.62. The maximum absolute atomic E-state index is 13.4. The van der Waals surface area contributed by atoms with Crippen LogP contribution in [0.25, 0.3) is 10.8 Å². The third kappa shape index (κ3) is 3.99. The van der Waals surface area contributed by atoms with E-state index >= 15 is 0 Å². The van der Waals surface area contributed by atoms with Crippen LogP contribution in [0.15, 0.2) is 78.1 Å². The van der Waals surface area contributed by atoms with Gasteiger partial charge in [-0.1, -0.05) is 95.6 Å². The summed E-state index contributed by atoms with van der Waals surface area (Å²) >= 11 is 0. The van der Waals surface area contributed by atoms with Crippen molar-refractivity contribution in [2.75, 3.05) is 13.1 Å². The second-order valence-corrected chi connectivity index (χ2v) is 8.80. The smallest absolute Gasteiger partial charge is 0.281 e. The molecule has 33 heavy (non-hydrogen) atoms. The Kier molecular flexibility index (Phi) is 5.85. The number of carbonyl (C=O) groups is 2. The van der Waals surface area contributed by atoms with Crippen LogP contribution < -0.4 is 0 Å². The minimum Gasteiger partial charge on any atom is -0.281 e. The second kappa shape index (κ2) is 9.09. The van der Waals surface area contributed by atoms with Gasteiger partial charge in [-0.05, 0) is 22.8 Å². The van der Waals surface area contributed by atoms with E-state index in [1.807, 2.05) is 33.4 Å². The van der Waals surface area contributed by atoms with Gasteiger partial charge in [0.1, 0.15) is 0 Å². The van der Waals surface area contributed by atoms with Crippen LogP contribution in [0.2, 0.25) is 0 Å². The molecule has 2 aliphatic rings. The molecular formula is C29H28N2O2+2. The van der Waals surface area contributed by atoms with Crippen molar-refractivity contribution in [1.82, 2.24) is 0 Å². The number of unbranched alkanes of at least 4 members (excludes halogenated alkanes) is 3.